The van der Waals surface area contributed by atoms with E-state index in [9.17, 15) is 30.7 Å². The molecule has 0 aromatic heterocycles. The minimum absolute atomic E-state index is 0.204. The van der Waals surface area contributed by atoms with Gasteiger partial charge in [-0.1, -0.05) is 6.92 Å². The highest BCUT2D eigenvalue weighted by Gasteiger charge is 2.88. The highest BCUT2D eigenvalue weighted by molar-refractivity contribution is 5.19. The van der Waals surface area contributed by atoms with Crippen LogP contribution in [0.25, 0.3) is 0 Å². The summed E-state index contributed by atoms with van der Waals surface area (Å²) in [6, 6.07) is 0. The van der Waals surface area contributed by atoms with Crippen molar-refractivity contribution in [3.05, 3.63) is 0 Å². The van der Waals surface area contributed by atoms with Gasteiger partial charge in [-0.15, -0.1) is 0 Å². The Hall–Kier alpha value is -0.490. The molecule has 1 fully saturated rings. The zero-order valence-electron chi connectivity index (χ0n) is 7.22. The summed E-state index contributed by atoms with van der Waals surface area (Å²) >= 11 is 0. The van der Waals surface area contributed by atoms with Crippen molar-refractivity contribution in [3.8, 4) is 0 Å². The van der Waals surface area contributed by atoms with Crippen LogP contribution in [0.5, 0.6) is 0 Å². The molecule has 1 aliphatic carbocycles. The molecule has 0 N–H and O–H groups in total. The lowest BCUT2D eigenvalue weighted by Crippen LogP contribution is -2.52. The Kier molecular flexibility index (Phi) is 1.95. The highest BCUT2D eigenvalue weighted by atomic mass is 19.3. The van der Waals surface area contributed by atoms with Crippen LogP contribution in [0.4, 0.5) is 30.7 Å². The van der Waals surface area contributed by atoms with Crippen LogP contribution in [0.3, 0.4) is 0 Å². The van der Waals surface area contributed by atoms with Gasteiger partial charge in [0, 0.05) is 0 Å². The fourth-order valence-electron chi connectivity index (χ4n) is 1.43. The van der Waals surface area contributed by atoms with Gasteiger partial charge in [-0.3, -0.25) is 0 Å². The first-order chi connectivity index (χ1) is 5.90. The smallest absolute Gasteiger partial charge is 0.230 e. The summed E-state index contributed by atoms with van der Waals surface area (Å²) in [6.45, 7) is 0.00312. The van der Waals surface area contributed by atoms with E-state index < -0.39 is 29.4 Å². The normalized spacial score (nSPS) is 43.9. The molecule has 84 valence electrons. The van der Waals surface area contributed by atoms with Gasteiger partial charge in [0.05, 0.1) is 5.92 Å². The molecule has 1 saturated carbocycles. The highest BCUT2D eigenvalue weighted by Crippen LogP contribution is 2.64. The second-order valence-electron chi connectivity index (χ2n) is 3.54. The standard InChI is InChI=1S/C7H7F7/c1-3-5(9,10)4(2,8)7(13,14)6(3,11)12/h3H,1-2H3. The lowest BCUT2D eigenvalue weighted by molar-refractivity contribution is -0.248. The summed E-state index contributed by atoms with van der Waals surface area (Å²) in [5, 5.41) is 0. The van der Waals surface area contributed by atoms with E-state index in [0.29, 0.717) is 0 Å². The van der Waals surface area contributed by atoms with Gasteiger partial charge in [-0.25, -0.2) is 13.2 Å². The van der Waals surface area contributed by atoms with Crippen LogP contribution >= 0.6 is 0 Å². The van der Waals surface area contributed by atoms with Crippen LogP contribution in [0.15, 0.2) is 0 Å². The van der Waals surface area contributed by atoms with Crippen molar-refractivity contribution in [3.63, 3.8) is 0 Å². The van der Waals surface area contributed by atoms with Crippen LogP contribution in [0.2, 0.25) is 0 Å². The van der Waals surface area contributed by atoms with E-state index in [1.54, 1.807) is 0 Å². The Labute approximate surface area is 75.1 Å². The maximum absolute atomic E-state index is 12.9. The molecule has 0 saturated heterocycles. The molecule has 1 aliphatic rings. The third-order valence-electron chi connectivity index (χ3n) is 2.72. The summed E-state index contributed by atoms with van der Waals surface area (Å²) in [6.07, 6.45) is 0. The summed E-state index contributed by atoms with van der Waals surface area (Å²) in [4.78, 5) is 0. The topological polar surface area (TPSA) is 0 Å². The van der Waals surface area contributed by atoms with Gasteiger partial charge >= 0.3 is 11.8 Å². The zero-order valence-corrected chi connectivity index (χ0v) is 7.22. The predicted octanol–water partition coefficient (Wildman–Crippen LogP) is 3.27. The van der Waals surface area contributed by atoms with Crippen LogP contribution in [0, 0.1) is 5.92 Å². The van der Waals surface area contributed by atoms with Crippen molar-refractivity contribution in [1.82, 2.24) is 0 Å². The summed E-state index contributed by atoms with van der Waals surface area (Å²) in [5.74, 6) is -18.2. The van der Waals surface area contributed by atoms with Crippen molar-refractivity contribution in [2.45, 2.75) is 37.3 Å². The van der Waals surface area contributed by atoms with Crippen molar-refractivity contribution in [2.75, 3.05) is 0 Å². The molecule has 0 heterocycles. The number of hydrogen-bond donors (Lipinski definition) is 0. The van der Waals surface area contributed by atoms with Gasteiger partial charge in [-0.2, -0.15) is 17.6 Å². The maximum Gasteiger partial charge on any atom is 0.349 e. The third-order valence-corrected chi connectivity index (χ3v) is 2.72. The maximum atomic E-state index is 12.9. The Morgan fingerprint density at radius 3 is 1.21 bits per heavy atom. The van der Waals surface area contributed by atoms with E-state index in [2.05, 4.69) is 0 Å². The zero-order chi connectivity index (χ0) is 11.6. The second kappa shape index (κ2) is 2.36. The van der Waals surface area contributed by atoms with Gasteiger partial charge in [0.2, 0.25) is 5.67 Å². The Bertz CT molecular complexity index is 229. The largest absolute Gasteiger partial charge is 0.349 e. The number of alkyl halides is 7. The molecule has 0 aromatic rings. The fraction of sp³-hybridized carbons (Fsp3) is 1.00. The molecule has 0 nitrogen and oxygen atoms in total. The van der Waals surface area contributed by atoms with E-state index in [4.69, 9.17) is 0 Å². The van der Waals surface area contributed by atoms with E-state index in [1.807, 2.05) is 0 Å². The quantitative estimate of drug-likeness (QED) is 0.554. The number of rotatable bonds is 0. The first-order valence-corrected chi connectivity index (χ1v) is 3.73. The van der Waals surface area contributed by atoms with Gasteiger partial charge < -0.3 is 0 Å². The van der Waals surface area contributed by atoms with Crippen LogP contribution in [-0.4, -0.2) is 23.4 Å². The Morgan fingerprint density at radius 1 is 0.786 bits per heavy atom. The summed E-state index contributed by atoms with van der Waals surface area (Å²) in [5.41, 5.74) is -4.52. The first-order valence-electron chi connectivity index (χ1n) is 3.73. The molecule has 1 rings (SSSR count). The molecular weight excluding hydrogens is 217 g/mol. The van der Waals surface area contributed by atoms with Gasteiger partial charge in [0.15, 0.2) is 0 Å². The van der Waals surface area contributed by atoms with Crippen LogP contribution in [0.1, 0.15) is 13.8 Å². The molecule has 0 spiro atoms. The first kappa shape index (κ1) is 11.6. The van der Waals surface area contributed by atoms with E-state index in [0.717, 1.165) is 0 Å². The fourth-order valence-corrected chi connectivity index (χ4v) is 1.43. The SMILES string of the molecule is CC1C(F)(F)C(C)(F)C(F)(F)C1(F)F. The molecule has 2 atom stereocenters. The molecular formula is C7H7F7. The Balaban J connectivity index is 3.38. The number of hydrogen-bond acceptors (Lipinski definition) is 0. The molecule has 0 radical (unpaired) electrons. The lowest BCUT2D eigenvalue weighted by Gasteiger charge is -2.27. The Morgan fingerprint density at radius 2 is 1.14 bits per heavy atom. The predicted molar refractivity (Wildman–Crippen MR) is 33.5 cm³/mol. The van der Waals surface area contributed by atoms with E-state index in [-0.39, 0.29) is 13.8 Å². The van der Waals surface area contributed by atoms with Crippen LogP contribution in [-0.2, 0) is 0 Å². The average molecular weight is 224 g/mol. The van der Waals surface area contributed by atoms with Crippen LogP contribution < -0.4 is 0 Å². The molecule has 0 amide bonds. The lowest BCUT2D eigenvalue weighted by atomic mass is 9.99. The average Bonchev–Trinajstić information content (AvgIpc) is 2.05. The van der Waals surface area contributed by atoms with Crippen molar-refractivity contribution in [1.29, 1.82) is 0 Å². The molecule has 0 aromatic carbocycles. The van der Waals surface area contributed by atoms with Crippen molar-refractivity contribution in [2.24, 2.45) is 5.92 Å². The minimum Gasteiger partial charge on any atom is -0.230 e. The number of halogens is 7. The third kappa shape index (κ3) is 0.857. The minimum atomic E-state index is -5.36. The molecule has 7 heteroatoms. The second-order valence-corrected chi connectivity index (χ2v) is 3.54. The molecule has 2 unspecified atom stereocenters. The van der Waals surface area contributed by atoms with Crippen molar-refractivity contribution >= 4 is 0 Å². The van der Waals surface area contributed by atoms with Gasteiger partial charge in [0.25, 0.3) is 5.92 Å². The summed E-state index contributed by atoms with van der Waals surface area (Å²) in [7, 11) is 0. The molecule has 14 heavy (non-hydrogen) atoms. The van der Waals surface area contributed by atoms with Crippen molar-refractivity contribution < 1.29 is 30.7 Å². The molecule has 0 aliphatic heterocycles. The van der Waals surface area contributed by atoms with E-state index >= 15 is 0 Å². The van der Waals surface area contributed by atoms with Gasteiger partial charge in [-0.05, 0) is 6.92 Å². The van der Waals surface area contributed by atoms with E-state index in [1.165, 1.54) is 0 Å². The monoisotopic (exact) mass is 224 g/mol. The molecule has 0 bridgehead atoms. The summed E-state index contributed by atoms with van der Waals surface area (Å²) < 4.78 is 89.0. The van der Waals surface area contributed by atoms with Gasteiger partial charge in [0.1, 0.15) is 0 Å².